The van der Waals surface area contributed by atoms with Crippen LogP contribution in [-0.2, 0) is 28.8 Å². The fourth-order valence-electron chi connectivity index (χ4n) is 3.40. The van der Waals surface area contributed by atoms with Crippen LogP contribution >= 0.6 is 11.8 Å². The molecule has 0 spiro atoms. The molecule has 0 unspecified atom stereocenters. The summed E-state index contributed by atoms with van der Waals surface area (Å²) < 4.78 is 71.8. The first-order valence-corrected chi connectivity index (χ1v) is 13.1. The lowest BCUT2D eigenvalue weighted by atomic mass is 10.2. The van der Waals surface area contributed by atoms with E-state index in [0.29, 0.717) is 34.1 Å². The second-order valence-corrected chi connectivity index (χ2v) is 10.9. The van der Waals surface area contributed by atoms with Gasteiger partial charge in [0.2, 0.25) is 0 Å². The molecule has 12 heteroatoms. The number of hydrogen-bond acceptors (Lipinski definition) is 7. The lowest BCUT2D eigenvalue weighted by molar-refractivity contribution is -0.138. The molecule has 0 aliphatic heterocycles. The minimum absolute atomic E-state index is 0.133. The van der Waals surface area contributed by atoms with Crippen LogP contribution in [0.1, 0.15) is 18.1 Å². The Balaban J connectivity index is 1.71. The quantitative estimate of drug-likeness (QED) is 0.311. The number of benzene rings is 1. The van der Waals surface area contributed by atoms with Gasteiger partial charge in [-0.1, -0.05) is 19.1 Å². The third-order valence-electron chi connectivity index (χ3n) is 5.39. The minimum atomic E-state index is -4.73. The standard InChI is InChI=1S/C23H21F3N4O3S2/c1-4-35(31,32)19-9-15(23(24,25)26)11-28-21(19)22-29-17-10-20(27-12-18(17)30(22)2)34-13-14-5-7-16(33-3)8-6-14/h5-12H,4,13H2,1-3H3. The van der Waals surface area contributed by atoms with Gasteiger partial charge in [0.1, 0.15) is 11.4 Å². The van der Waals surface area contributed by atoms with Crippen molar-refractivity contribution in [2.45, 2.75) is 28.8 Å². The third kappa shape index (κ3) is 5.13. The van der Waals surface area contributed by atoms with E-state index in [4.69, 9.17) is 4.74 Å². The normalized spacial score (nSPS) is 12.3. The first-order valence-electron chi connectivity index (χ1n) is 10.4. The van der Waals surface area contributed by atoms with E-state index in [1.54, 1.807) is 31.0 Å². The van der Waals surface area contributed by atoms with Crippen molar-refractivity contribution < 1.29 is 26.3 Å². The Morgan fingerprint density at radius 1 is 1.09 bits per heavy atom. The number of ether oxygens (including phenoxy) is 1. The zero-order chi connectivity index (χ0) is 25.4. The number of thioether (sulfide) groups is 1. The molecule has 0 aliphatic rings. The van der Waals surface area contributed by atoms with E-state index in [1.165, 1.54) is 18.7 Å². The molecule has 3 aromatic heterocycles. The SMILES string of the molecule is CCS(=O)(=O)c1cc(C(F)(F)F)cnc1-c1nc2cc(SCc3ccc(OC)cc3)ncc2n1C. The van der Waals surface area contributed by atoms with Crippen LogP contribution in [0.4, 0.5) is 13.2 Å². The Kier molecular flexibility index (Phi) is 6.78. The highest BCUT2D eigenvalue weighted by molar-refractivity contribution is 7.98. The molecule has 0 saturated heterocycles. The molecule has 0 bridgehead atoms. The largest absolute Gasteiger partial charge is 0.497 e. The van der Waals surface area contributed by atoms with Gasteiger partial charge >= 0.3 is 6.18 Å². The zero-order valence-corrected chi connectivity index (χ0v) is 20.6. The molecule has 0 aliphatic carbocycles. The Morgan fingerprint density at radius 3 is 2.43 bits per heavy atom. The Morgan fingerprint density at radius 2 is 1.80 bits per heavy atom. The highest BCUT2D eigenvalue weighted by atomic mass is 32.2. The lowest BCUT2D eigenvalue weighted by Crippen LogP contribution is -2.13. The molecule has 0 N–H and O–H groups in total. The van der Waals surface area contributed by atoms with E-state index >= 15 is 0 Å². The van der Waals surface area contributed by atoms with Gasteiger partial charge in [-0.3, -0.25) is 4.98 Å². The second kappa shape index (κ2) is 9.50. The van der Waals surface area contributed by atoms with Gasteiger partial charge in [-0.05, 0) is 29.8 Å². The summed E-state index contributed by atoms with van der Waals surface area (Å²) in [5, 5.41) is 0.694. The maximum absolute atomic E-state index is 13.2. The number of nitrogens with zero attached hydrogens (tertiary/aromatic N) is 4. The van der Waals surface area contributed by atoms with Crippen LogP contribution in [0.3, 0.4) is 0 Å². The number of hydrogen-bond donors (Lipinski definition) is 0. The molecular weight excluding hydrogens is 501 g/mol. The molecule has 7 nitrogen and oxygen atoms in total. The van der Waals surface area contributed by atoms with E-state index in [2.05, 4.69) is 15.0 Å². The summed E-state index contributed by atoms with van der Waals surface area (Å²) in [6.07, 6.45) is -2.51. The van der Waals surface area contributed by atoms with Crippen LogP contribution in [0, 0.1) is 0 Å². The molecule has 0 amide bonds. The highest BCUT2D eigenvalue weighted by Gasteiger charge is 2.34. The van der Waals surface area contributed by atoms with E-state index in [9.17, 15) is 21.6 Å². The Bertz CT molecular complexity index is 1480. The van der Waals surface area contributed by atoms with Crippen molar-refractivity contribution in [3.05, 3.63) is 59.9 Å². The van der Waals surface area contributed by atoms with Crippen molar-refractivity contribution in [1.82, 2.24) is 19.5 Å². The monoisotopic (exact) mass is 522 g/mol. The maximum Gasteiger partial charge on any atom is 0.417 e. The predicted molar refractivity (Wildman–Crippen MR) is 127 cm³/mol. The molecule has 35 heavy (non-hydrogen) atoms. The van der Waals surface area contributed by atoms with Crippen molar-refractivity contribution in [2.24, 2.45) is 7.05 Å². The summed E-state index contributed by atoms with van der Waals surface area (Å²) in [6, 6.07) is 10.0. The lowest BCUT2D eigenvalue weighted by Gasteiger charge is -2.12. The average molecular weight is 523 g/mol. The fraction of sp³-hybridized carbons (Fsp3) is 0.261. The zero-order valence-electron chi connectivity index (χ0n) is 19.0. The molecule has 0 fully saturated rings. The molecule has 0 radical (unpaired) electrons. The van der Waals surface area contributed by atoms with Crippen LogP contribution in [0.25, 0.3) is 22.6 Å². The van der Waals surface area contributed by atoms with Gasteiger partial charge in [0.15, 0.2) is 15.7 Å². The molecule has 3 heterocycles. The number of imidazole rings is 1. The molecule has 0 saturated carbocycles. The molecule has 4 aromatic rings. The number of pyridine rings is 2. The van der Waals surface area contributed by atoms with Crippen molar-refractivity contribution in [1.29, 1.82) is 0 Å². The number of fused-ring (bicyclic) bond motifs is 1. The van der Waals surface area contributed by atoms with Gasteiger partial charge in [0.05, 0.1) is 45.6 Å². The average Bonchev–Trinajstić information content (AvgIpc) is 3.17. The summed E-state index contributed by atoms with van der Waals surface area (Å²) in [4.78, 5) is 12.3. The van der Waals surface area contributed by atoms with Crippen LogP contribution < -0.4 is 4.74 Å². The molecule has 4 rings (SSSR count). The smallest absolute Gasteiger partial charge is 0.417 e. The Hall–Kier alpha value is -3.12. The first-order chi connectivity index (χ1) is 16.5. The highest BCUT2D eigenvalue weighted by Crippen LogP contribution is 2.35. The van der Waals surface area contributed by atoms with Gasteiger partial charge in [-0.15, -0.1) is 11.8 Å². The third-order valence-corrected chi connectivity index (χ3v) is 8.13. The van der Waals surface area contributed by atoms with E-state index in [1.807, 2.05) is 24.3 Å². The van der Waals surface area contributed by atoms with Crippen LogP contribution in [0.5, 0.6) is 5.75 Å². The van der Waals surface area contributed by atoms with Crippen LogP contribution in [0.15, 0.2) is 58.7 Å². The van der Waals surface area contributed by atoms with E-state index in [-0.39, 0.29) is 17.3 Å². The van der Waals surface area contributed by atoms with Gasteiger partial charge in [-0.2, -0.15) is 13.2 Å². The molecule has 0 atom stereocenters. The second-order valence-electron chi connectivity index (χ2n) is 7.61. The van der Waals surface area contributed by atoms with Crippen molar-refractivity contribution in [2.75, 3.05) is 12.9 Å². The number of methoxy groups -OCH3 is 1. The van der Waals surface area contributed by atoms with Crippen LogP contribution in [0.2, 0.25) is 0 Å². The van der Waals surface area contributed by atoms with E-state index in [0.717, 1.165) is 11.3 Å². The van der Waals surface area contributed by atoms with Gasteiger partial charge < -0.3 is 9.30 Å². The first kappa shape index (κ1) is 25.0. The number of aromatic nitrogens is 4. The summed E-state index contributed by atoms with van der Waals surface area (Å²) in [7, 11) is -0.772. The van der Waals surface area contributed by atoms with E-state index < -0.39 is 26.5 Å². The number of sulfone groups is 1. The molecule has 1 aromatic carbocycles. The summed E-state index contributed by atoms with van der Waals surface area (Å²) >= 11 is 1.49. The number of halogens is 3. The number of aryl methyl sites for hydroxylation is 1. The summed E-state index contributed by atoms with van der Waals surface area (Å²) in [6.45, 7) is 1.37. The summed E-state index contributed by atoms with van der Waals surface area (Å²) in [5.74, 6) is 1.18. The van der Waals surface area contributed by atoms with Crippen molar-refractivity contribution >= 4 is 32.6 Å². The maximum atomic E-state index is 13.2. The molecular formula is C23H21F3N4O3S2. The van der Waals surface area contributed by atoms with Gasteiger partial charge in [0.25, 0.3) is 0 Å². The fourth-order valence-corrected chi connectivity index (χ4v) is 5.29. The topological polar surface area (TPSA) is 87.0 Å². The van der Waals surface area contributed by atoms with Crippen molar-refractivity contribution in [3.63, 3.8) is 0 Å². The van der Waals surface area contributed by atoms with Crippen LogP contribution in [-0.4, -0.2) is 40.8 Å². The minimum Gasteiger partial charge on any atom is -0.497 e. The number of alkyl halides is 3. The Labute approximate surface area is 204 Å². The van der Waals surface area contributed by atoms with Crippen molar-refractivity contribution in [3.8, 4) is 17.3 Å². The van der Waals surface area contributed by atoms with Gasteiger partial charge in [-0.25, -0.2) is 18.4 Å². The summed E-state index contributed by atoms with van der Waals surface area (Å²) in [5.41, 5.74) is 0.923. The predicted octanol–water partition coefficient (Wildman–Crippen LogP) is 5.14. The van der Waals surface area contributed by atoms with Gasteiger partial charge in [0, 0.05) is 19.0 Å². The molecule has 184 valence electrons. The number of rotatable bonds is 7.